The summed E-state index contributed by atoms with van der Waals surface area (Å²) < 4.78 is 6.40. The maximum absolute atomic E-state index is 6.40. The van der Waals surface area contributed by atoms with Gasteiger partial charge in [-0.25, -0.2) is 4.98 Å². The molecular formula is C24H29BN4O. The number of aromatic amines is 1. The number of aromatic nitrogens is 2. The van der Waals surface area contributed by atoms with Crippen molar-refractivity contribution < 1.29 is 4.65 Å². The maximum Gasteiger partial charge on any atom is 0.471 e. The van der Waals surface area contributed by atoms with Crippen molar-refractivity contribution in [3.8, 4) is 0 Å². The molecule has 6 aliphatic rings. The van der Waals surface area contributed by atoms with Crippen LogP contribution in [-0.2, 0) is 4.65 Å². The Bertz CT molecular complexity index is 1120. The van der Waals surface area contributed by atoms with Crippen LogP contribution in [0.5, 0.6) is 0 Å². The van der Waals surface area contributed by atoms with Crippen LogP contribution in [0.15, 0.2) is 23.6 Å². The zero-order valence-electron chi connectivity index (χ0n) is 17.9. The van der Waals surface area contributed by atoms with E-state index in [0.29, 0.717) is 11.3 Å². The molecule has 1 saturated heterocycles. The second-order valence-corrected chi connectivity index (χ2v) is 12.0. The minimum atomic E-state index is -0.0897. The molecule has 2 aromatic rings. The smallest absolute Gasteiger partial charge is 0.411 e. The number of nitrogens with one attached hydrogen (secondary N) is 1. The topological polar surface area (TPSA) is 53.5 Å². The molecule has 5 unspecified atom stereocenters. The average Bonchev–Trinajstić information content (AvgIpc) is 3.30. The van der Waals surface area contributed by atoms with Crippen molar-refractivity contribution in [3.05, 3.63) is 24.0 Å². The van der Waals surface area contributed by atoms with Crippen LogP contribution >= 0.6 is 0 Å². The third-order valence-electron chi connectivity index (χ3n) is 9.78. The van der Waals surface area contributed by atoms with E-state index in [-0.39, 0.29) is 12.5 Å². The zero-order valence-corrected chi connectivity index (χ0v) is 17.9. The Morgan fingerprint density at radius 2 is 2.17 bits per heavy atom. The van der Waals surface area contributed by atoms with E-state index in [1.165, 1.54) is 54.2 Å². The van der Waals surface area contributed by atoms with E-state index in [9.17, 15) is 0 Å². The van der Waals surface area contributed by atoms with Crippen molar-refractivity contribution in [1.29, 1.82) is 0 Å². The van der Waals surface area contributed by atoms with E-state index in [2.05, 4.69) is 36.0 Å². The van der Waals surface area contributed by atoms with Crippen molar-refractivity contribution in [2.45, 2.75) is 46.0 Å². The van der Waals surface area contributed by atoms with Gasteiger partial charge in [0.25, 0.3) is 0 Å². The van der Waals surface area contributed by atoms with Gasteiger partial charge in [-0.15, -0.1) is 0 Å². The Morgan fingerprint density at radius 1 is 1.23 bits per heavy atom. The number of hydrogen-bond donors (Lipinski definition) is 1. The minimum absolute atomic E-state index is 0.0897. The molecule has 2 aliphatic heterocycles. The number of H-pyrrole nitrogens is 1. The van der Waals surface area contributed by atoms with Crippen LogP contribution in [0.25, 0.3) is 11.0 Å². The summed E-state index contributed by atoms with van der Waals surface area (Å²) in [5, 5.41) is 6.69. The van der Waals surface area contributed by atoms with Gasteiger partial charge in [0, 0.05) is 53.3 Å². The predicted molar refractivity (Wildman–Crippen MR) is 117 cm³/mol. The molecule has 0 radical (unpaired) electrons. The van der Waals surface area contributed by atoms with Crippen LogP contribution in [-0.4, -0.2) is 40.8 Å². The second kappa shape index (κ2) is 5.15. The first kappa shape index (κ1) is 16.8. The molecule has 3 bridgehead atoms. The summed E-state index contributed by atoms with van der Waals surface area (Å²) in [7, 11) is -0.0897. The van der Waals surface area contributed by atoms with E-state index < -0.39 is 0 Å². The molecule has 5 fully saturated rings. The number of nitrogens with zero attached hydrogens (tertiary/aromatic N) is 3. The minimum Gasteiger partial charge on any atom is -0.411 e. The second-order valence-electron chi connectivity index (χ2n) is 12.0. The maximum atomic E-state index is 6.40. The molecule has 30 heavy (non-hydrogen) atoms. The Balaban J connectivity index is 1.33. The van der Waals surface area contributed by atoms with Gasteiger partial charge in [-0.3, -0.25) is 0 Å². The SMILES string of the molecule is CC1(C)COB2c3cnc4[nH]ccc4c3C([C@@H]3C4CC5CC6CC3C6(C5)C4)=NN2C1. The van der Waals surface area contributed by atoms with Crippen molar-refractivity contribution in [3.63, 3.8) is 0 Å². The lowest BCUT2D eigenvalue weighted by Crippen LogP contribution is -2.61. The lowest BCUT2D eigenvalue weighted by atomic mass is 9.53. The highest BCUT2D eigenvalue weighted by molar-refractivity contribution is 6.67. The van der Waals surface area contributed by atoms with Crippen molar-refractivity contribution in [1.82, 2.24) is 14.9 Å². The van der Waals surface area contributed by atoms with E-state index in [1.807, 2.05) is 6.20 Å². The van der Waals surface area contributed by atoms with Crippen LogP contribution in [0.3, 0.4) is 0 Å². The van der Waals surface area contributed by atoms with Gasteiger partial charge in [0.05, 0.1) is 5.71 Å². The van der Waals surface area contributed by atoms with Crippen molar-refractivity contribution >= 4 is 29.3 Å². The van der Waals surface area contributed by atoms with Crippen LogP contribution in [0.4, 0.5) is 0 Å². The summed E-state index contributed by atoms with van der Waals surface area (Å²) in [5.74, 6) is 4.30. The van der Waals surface area contributed by atoms with E-state index in [1.54, 1.807) is 0 Å². The third-order valence-corrected chi connectivity index (χ3v) is 9.78. The Labute approximate surface area is 177 Å². The fourth-order valence-corrected chi connectivity index (χ4v) is 8.90. The highest BCUT2D eigenvalue weighted by Crippen LogP contribution is 2.77. The standard InChI is InChI=1S/C24H29BN4O/c1-23(2)11-29-25(30-12-23)18-10-27-22-16(3-4-26-22)20(18)21(28-29)19-14-5-13-6-15-7-17(19)24(15,8-13)9-14/h3-4,10,13-15,17,19H,5-9,11-12H2,1-2H3,(H,26,27)/t13?,14?,15?,17?,19-,24?/m1/s1. The molecule has 1 spiro atoms. The van der Waals surface area contributed by atoms with Crippen molar-refractivity contribution in [2.75, 3.05) is 13.2 Å². The molecule has 4 saturated carbocycles. The zero-order chi connectivity index (χ0) is 19.8. The van der Waals surface area contributed by atoms with Crippen LogP contribution in [0, 0.1) is 40.4 Å². The number of fused-ring (bicyclic) bond motifs is 7. The molecular weight excluding hydrogens is 371 g/mol. The molecule has 5 nitrogen and oxygen atoms in total. The Hall–Kier alpha value is -1.82. The van der Waals surface area contributed by atoms with E-state index in [4.69, 9.17) is 14.7 Å². The molecule has 0 aromatic carbocycles. The van der Waals surface area contributed by atoms with Gasteiger partial charge in [0.2, 0.25) is 0 Å². The molecule has 0 amide bonds. The van der Waals surface area contributed by atoms with Gasteiger partial charge in [0.1, 0.15) is 5.65 Å². The van der Waals surface area contributed by atoms with Crippen LogP contribution in [0.1, 0.15) is 51.5 Å². The monoisotopic (exact) mass is 400 g/mol. The largest absolute Gasteiger partial charge is 0.471 e. The lowest BCUT2D eigenvalue weighted by Gasteiger charge is -2.51. The first-order valence-corrected chi connectivity index (χ1v) is 12.0. The fourth-order valence-electron chi connectivity index (χ4n) is 8.90. The van der Waals surface area contributed by atoms with Crippen LogP contribution in [0.2, 0.25) is 0 Å². The van der Waals surface area contributed by atoms with Gasteiger partial charge in [-0.2, -0.15) is 5.10 Å². The Kier molecular flexibility index (Phi) is 2.89. The molecule has 2 aromatic heterocycles. The molecule has 4 aliphatic carbocycles. The van der Waals surface area contributed by atoms with Gasteiger partial charge >= 0.3 is 7.05 Å². The highest BCUT2D eigenvalue weighted by Gasteiger charge is 2.71. The molecule has 6 atom stereocenters. The van der Waals surface area contributed by atoms with Gasteiger partial charge in [-0.1, -0.05) is 13.8 Å². The lowest BCUT2D eigenvalue weighted by molar-refractivity contribution is -0.00793. The quantitative estimate of drug-likeness (QED) is 0.747. The average molecular weight is 400 g/mol. The summed E-state index contributed by atoms with van der Waals surface area (Å²) in [5.41, 5.74) is 5.72. The Morgan fingerprint density at radius 3 is 3.10 bits per heavy atom. The number of hydrazone groups is 1. The first-order valence-electron chi connectivity index (χ1n) is 12.0. The summed E-state index contributed by atoms with van der Waals surface area (Å²) in [4.78, 5) is 10.4. The summed E-state index contributed by atoms with van der Waals surface area (Å²) in [6.45, 7) is 6.30. The third kappa shape index (κ3) is 1.87. The van der Waals surface area contributed by atoms with Crippen LogP contribution < -0.4 is 5.46 Å². The summed E-state index contributed by atoms with van der Waals surface area (Å²) >= 11 is 0. The fraction of sp³-hybridized carbons (Fsp3) is 0.667. The molecule has 8 rings (SSSR count). The van der Waals surface area contributed by atoms with E-state index >= 15 is 0 Å². The molecule has 1 N–H and O–H groups in total. The molecule has 6 heteroatoms. The van der Waals surface area contributed by atoms with Gasteiger partial charge in [-0.05, 0) is 67.3 Å². The van der Waals surface area contributed by atoms with Gasteiger partial charge in [0.15, 0.2) is 0 Å². The number of hydrogen-bond acceptors (Lipinski definition) is 4. The van der Waals surface area contributed by atoms with Crippen molar-refractivity contribution in [2.24, 2.45) is 45.5 Å². The molecule has 154 valence electrons. The van der Waals surface area contributed by atoms with E-state index in [0.717, 1.165) is 42.5 Å². The summed E-state index contributed by atoms with van der Waals surface area (Å²) in [6.07, 6.45) is 11.5. The normalized spacial score (nSPS) is 42.1. The number of rotatable bonds is 1. The summed E-state index contributed by atoms with van der Waals surface area (Å²) in [6, 6.07) is 2.20. The van der Waals surface area contributed by atoms with Gasteiger partial charge < -0.3 is 14.6 Å². The molecule has 4 heterocycles. The first-order chi connectivity index (χ1) is 14.5. The predicted octanol–water partition coefficient (Wildman–Crippen LogP) is 3.41. The number of pyridine rings is 1. The highest BCUT2D eigenvalue weighted by atomic mass is 16.5.